The highest BCUT2D eigenvalue weighted by molar-refractivity contribution is 5.77. The Balaban J connectivity index is 1.57. The molecule has 5 aliphatic carbocycles. The molecule has 5 heteroatoms. The van der Waals surface area contributed by atoms with Gasteiger partial charge >= 0.3 is 11.9 Å². The van der Waals surface area contributed by atoms with Crippen molar-refractivity contribution in [3.05, 3.63) is 11.6 Å². The number of esters is 1. The fourth-order valence-electron chi connectivity index (χ4n) is 10.8. The predicted molar refractivity (Wildman–Crippen MR) is 139 cm³/mol. The van der Waals surface area contributed by atoms with E-state index >= 15 is 0 Å². The molecule has 2 N–H and O–H groups in total. The van der Waals surface area contributed by atoms with Crippen molar-refractivity contribution in [2.24, 2.45) is 50.2 Å². The summed E-state index contributed by atoms with van der Waals surface area (Å²) >= 11 is 0. The van der Waals surface area contributed by atoms with E-state index in [1.807, 2.05) is 0 Å². The first kappa shape index (κ1) is 26.3. The summed E-state index contributed by atoms with van der Waals surface area (Å²) in [7, 11) is 1.52. The third-order valence-electron chi connectivity index (χ3n) is 13.6. The van der Waals surface area contributed by atoms with Crippen molar-refractivity contribution in [2.45, 2.75) is 112 Å². The van der Waals surface area contributed by atoms with Crippen molar-refractivity contribution >= 4 is 11.9 Å². The van der Waals surface area contributed by atoms with Gasteiger partial charge in [0.2, 0.25) is 0 Å². The molecule has 0 amide bonds. The molecule has 0 heterocycles. The largest absolute Gasteiger partial charge is 0.481 e. The van der Waals surface area contributed by atoms with Crippen LogP contribution in [0.3, 0.4) is 0 Å². The standard InChI is InChI=1S/C31H48O5/c1-26-14-15-27(2,25(35)36-7)18-20(26)19-8-9-21-28(3)12-11-23(32)31(6,24(33)34)22(28)10-13-30(21,5)29(19,4)17-16-26/h8,20-23,32H,9-18H2,1-7H3,(H,33,34)/t20-,21+,22+,23-,26+,27+,28+,29+,30+,31-/m0/s1. The molecule has 5 aliphatic rings. The summed E-state index contributed by atoms with van der Waals surface area (Å²) in [4.78, 5) is 25.4. The van der Waals surface area contributed by atoms with Crippen LogP contribution in [0.5, 0.6) is 0 Å². The summed E-state index contributed by atoms with van der Waals surface area (Å²) in [6.07, 6.45) is 11.2. The second-order valence-electron chi connectivity index (χ2n) is 14.9. The van der Waals surface area contributed by atoms with Crippen molar-refractivity contribution in [3.63, 3.8) is 0 Å². The molecule has 0 unspecified atom stereocenters. The average Bonchev–Trinajstić information content (AvgIpc) is 2.82. The van der Waals surface area contributed by atoms with Gasteiger partial charge < -0.3 is 14.9 Å². The van der Waals surface area contributed by atoms with Crippen LogP contribution in [-0.4, -0.2) is 35.4 Å². The van der Waals surface area contributed by atoms with Gasteiger partial charge in [-0.15, -0.1) is 0 Å². The Morgan fingerprint density at radius 1 is 0.917 bits per heavy atom. The van der Waals surface area contributed by atoms with Crippen molar-refractivity contribution in [1.82, 2.24) is 0 Å². The lowest BCUT2D eigenvalue weighted by molar-refractivity contribution is -0.216. The first-order chi connectivity index (χ1) is 16.6. The first-order valence-corrected chi connectivity index (χ1v) is 14.3. The first-order valence-electron chi connectivity index (χ1n) is 14.3. The monoisotopic (exact) mass is 500 g/mol. The minimum absolute atomic E-state index is 0.0194. The van der Waals surface area contributed by atoms with Gasteiger partial charge in [-0.2, -0.15) is 0 Å². The van der Waals surface area contributed by atoms with E-state index in [0.717, 1.165) is 51.4 Å². The SMILES string of the molecule is COC(=O)[C@]1(C)CC[C@]2(C)CC[C@]3(C)C(=CC[C@@H]4[C@@]5(C)CC[C@H](O)[C@@](C)(C(=O)O)[C@@H]5CC[C@]43C)[C@@H]2C1. The van der Waals surface area contributed by atoms with Crippen LogP contribution in [0.25, 0.3) is 0 Å². The topological polar surface area (TPSA) is 83.8 Å². The highest BCUT2D eigenvalue weighted by Crippen LogP contribution is 2.75. The van der Waals surface area contributed by atoms with Crippen LogP contribution in [0, 0.1) is 50.2 Å². The molecular formula is C31H48O5. The van der Waals surface area contributed by atoms with Crippen LogP contribution < -0.4 is 0 Å². The van der Waals surface area contributed by atoms with E-state index in [4.69, 9.17) is 4.74 Å². The molecule has 4 fully saturated rings. The van der Waals surface area contributed by atoms with Crippen LogP contribution in [0.15, 0.2) is 11.6 Å². The second-order valence-corrected chi connectivity index (χ2v) is 14.9. The molecule has 0 saturated heterocycles. The molecule has 5 rings (SSSR count). The summed E-state index contributed by atoms with van der Waals surface area (Å²) in [6, 6.07) is 0. The molecule has 36 heavy (non-hydrogen) atoms. The van der Waals surface area contributed by atoms with Gasteiger partial charge in [0.05, 0.1) is 24.0 Å². The summed E-state index contributed by atoms with van der Waals surface area (Å²) in [6.45, 7) is 13.7. The van der Waals surface area contributed by atoms with Gasteiger partial charge in [0.1, 0.15) is 0 Å². The van der Waals surface area contributed by atoms with Gasteiger partial charge in [-0.3, -0.25) is 9.59 Å². The molecule has 4 saturated carbocycles. The third kappa shape index (κ3) is 3.04. The van der Waals surface area contributed by atoms with Crippen molar-refractivity contribution in [3.8, 4) is 0 Å². The van der Waals surface area contributed by atoms with Crippen LogP contribution in [0.4, 0.5) is 0 Å². The number of ether oxygens (including phenoxy) is 1. The number of rotatable bonds is 2. The summed E-state index contributed by atoms with van der Waals surface area (Å²) in [5.74, 6) is -0.155. The van der Waals surface area contributed by atoms with Gasteiger partial charge in [-0.25, -0.2) is 0 Å². The molecule has 0 spiro atoms. The van der Waals surface area contributed by atoms with Gasteiger partial charge in [-0.05, 0) is 117 Å². The Labute approximate surface area is 217 Å². The Hall–Kier alpha value is -1.36. The van der Waals surface area contributed by atoms with Crippen LogP contribution in [0.2, 0.25) is 0 Å². The maximum atomic E-state index is 12.8. The number of carboxylic acids is 1. The Morgan fingerprint density at radius 3 is 2.22 bits per heavy atom. The molecule has 0 radical (unpaired) electrons. The van der Waals surface area contributed by atoms with E-state index in [0.29, 0.717) is 18.3 Å². The molecule has 202 valence electrons. The third-order valence-corrected chi connectivity index (χ3v) is 13.6. The molecule has 0 bridgehead atoms. The van der Waals surface area contributed by atoms with E-state index in [1.54, 1.807) is 12.5 Å². The smallest absolute Gasteiger partial charge is 0.312 e. The zero-order chi connectivity index (χ0) is 26.5. The number of carboxylic acid groups (broad SMARTS) is 1. The van der Waals surface area contributed by atoms with Crippen molar-refractivity contribution in [1.29, 1.82) is 0 Å². The molecule has 10 atom stereocenters. The van der Waals surface area contributed by atoms with E-state index < -0.39 is 22.9 Å². The molecule has 0 aliphatic heterocycles. The fraction of sp³-hybridized carbons (Fsp3) is 0.871. The summed E-state index contributed by atoms with van der Waals surface area (Å²) < 4.78 is 5.27. The maximum Gasteiger partial charge on any atom is 0.312 e. The number of allylic oxidation sites excluding steroid dienone is 2. The van der Waals surface area contributed by atoms with Crippen LogP contribution in [0.1, 0.15) is 106 Å². The number of carbonyl (C=O) groups is 2. The number of aliphatic hydroxyl groups excluding tert-OH is 1. The minimum atomic E-state index is -1.09. The second kappa shape index (κ2) is 7.83. The van der Waals surface area contributed by atoms with Crippen LogP contribution in [-0.2, 0) is 14.3 Å². The number of hydrogen-bond acceptors (Lipinski definition) is 4. The quantitative estimate of drug-likeness (QED) is 0.339. The molecular weight excluding hydrogens is 452 g/mol. The van der Waals surface area contributed by atoms with Crippen molar-refractivity contribution < 1.29 is 24.5 Å². The number of aliphatic carboxylic acids is 1. The number of aliphatic hydroxyl groups is 1. The van der Waals surface area contributed by atoms with Gasteiger partial charge in [0.25, 0.3) is 0 Å². The highest BCUT2D eigenvalue weighted by atomic mass is 16.5. The average molecular weight is 501 g/mol. The van der Waals surface area contributed by atoms with E-state index in [2.05, 4.69) is 40.7 Å². The molecule has 0 aromatic carbocycles. The number of carbonyl (C=O) groups excluding carboxylic acids is 1. The Kier molecular flexibility index (Phi) is 5.71. The zero-order valence-corrected chi connectivity index (χ0v) is 23.6. The lowest BCUT2D eigenvalue weighted by Crippen LogP contribution is -2.66. The lowest BCUT2D eigenvalue weighted by atomic mass is 9.33. The van der Waals surface area contributed by atoms with E-state index in [-0.39, 0.29) is 33.5 Å². The zero-order valence-electron chi connectivity index (χ0n) is 23.6. The van der Waals surface area contributed by atoms with Gasteiger partial charge in [0.15, 0.2) is 0 Å². The summed E-state index contributed by atoms with van der Waals surface area (Å²) in [5, 5.41) is 21.2. The van der Waals surface area contributed by atoms with Gasteiger partial charge in [0, 0.05) is 0 Å². The minimum Gasteiger partial charge on any atom is -0.481 e. The van der Waals surface area contributed by atoms with E-state index in [1.165, 1.54) is 13.5 Å². The lowest BCUT2D eigenvalue weighted by Gasteiger charge is -2.71. The number of hydrogen-bond donors (Lipinski definition) is 2. The molecule has 0 aromatic heterocycles. The van der Waals surface area contributed by atoms with E-state index in [9.17, 15) is 19.8 Å². The van der Waals surface area contributed by atoms with Crippen molar-refractivity contribution in [2.75, 3.05) is 7.11 Å². The maximum absolute atomic E-state index is 12.8. The Morgan fingerprint density at radius 2 is 1.58 bits per heavy atom. The highest BCUT2D eigenvalue weighted by Gasteiger charge is 2.69. The van der Waals surface area contributed by atoms with Gasteiger partial charge in [-0.1, -0.05) is 39.3 Å². The predicted octanol–water partition coefficient (Wildman–Crippen LogP) is 6.39. The molecule has 0 aromatic rings. The number of fused-ring (bicyclic) bond motifs is 7. The normalized spacial score (nSPS) is 54.2. The molecule has 5 nitrogen and oxygen atoms in total. The Bertz CT molecular complexity index is 1000. The fourth-order valence-corrected chi connectivity index (χ4v) is 10.8. The number of methoxy groups -OCH3 is 1. The summed E-state index contributed by atoms with van der Waals surface area (Å²) in [5.41, 5.74) is 0.280. The van der Waals surface area contributed by atoms with Crippen LogP contribution >= 0.6 is 0 Å².